The van der Waals surface area contributed by atoms with Gasteiger partial charge in [-0.1, -0.05) is 64.1 Å². The van der Waals surface area contributed by atoms with Crippen molar-refractivity contribution in [3.05, 3.63) is 83.7 Å². The van der Waals surface area contributed by atoms with E-state index in [1.54, 1.807) is 0 Å². The van der Waals surface area contributed by atoms with Gasteiger partial charge in [-0.15, -0.1) is 0 Å². The van der Waals surface area contributed by atoms with Gasteiger partial charge in [0.05, 0.1) is 11.3 Å². The Bertz CT molecular complexity index is 1580. The van der Waals surface area contributed by atoms with Crippen LogP contribution in [0.25, 0.3) is 44.5 Å². The van der Waals surface area contributed by atoms with Gasteiger partial charge in [0.2, 0.25) is 11.4 Å². The molecule has 0 radical (unpaired) electrons. The second-order valence-electron chi connectivity index (χ2n) is 10.4. The molecule has 0 atom stereocenters. The fraction of sp³-hybridized carbons (Fsp3) is 0.290. The molecule has 0 amide bonds. The van der Waals surface area contributed by atoms with Crippen molar-refractivity contribution < 1.29 is 8.98 Å². The quantitative estimate of drug-likeness (QED) is 0.270. The lowest BCUT2D eigenvalue weighted by Crippen LogP contribution is -2.38. The van der Waals surface area contributed by atoms with E-state index in [0.717, 1.165) is 39.0 Å². The lowest BCUT2D eigenvalue weighted by molar-refractivity contribution is -0.660. The molecule has 0 unspecified atom stereocenters. The van der Waals surface area contributed by atoms with Gasteiger partial charge in [-0.05, 0) is 47.6 Å². The van der Waals surface area contributed by atoms with Crippen LogP contribution in [0.5, 0.6) is 0 Å². The molecule has 3 aromatic heterocycles. The highest BCUT2D eigenvalue weighted by molar-refractivity contribution is 6.10. The molecule has 6 rings (SSSR count). The van der Waals surface area contributed by atoms with Gasteiger partial charge in [-0.2, -0.15) is 0 Å². The molecule has 0 bridgehead atoms. The fourth-order valence-electron chi connectivity index (χ4n) is 6.53. The highest BCUT2D eigenvalue weighted by Crippen LogP contribution is 2.56. The smallest absolute Gasteiger partial charge is 0.227 e. The van der Waals surface area contributed by atoms with Crippen LogP contribution in [0.1, 0.15) is 44.5 Å². The molecular formula is C31H31N2O+. The lowest BCUT2D eigenvalue weighted by atomic mass is 9.64. The maximum absolute atomic E-state index is 6.63. The fourth-order valence-corrected chi connectivity index (χ4v) is 6.53. The highest BCUT2D eigenvalue weighted by atomic mass is 16.3. The van der Waals surface area contributed by atoms with E-state index >= 15 is 0 Å². The summed E-state index contributed by atoms with van der Waals surface area (Å²) in [5.74, 6) is 0.816. The first-order valence-corrected chi connectivity index (χ1v) is 12.3. The van der Waals surface area contributed by atoms with E-state index in [2.05, 4.69) is 113 Å². The molecule has 3 heterocycles. The number of benzene rings is 2. The summed E-state index contributed by atoms with van der Waals surface area (Å²) < 4.78 is 8.78. The Morgan fingerprint density at radius 1 is 0.853 bits per heavy atom. The van der Waals surface area contributed by atoms with Crippen molar-refractivity contribution in [2.24, 2.45) is 18.9 Å². The van der Waals surface area contributed by atoms with Crippen molar-refractivity contribution in [2.75, 3.05) is 0 Å². The molecular weight excluding hydrogens is 416 g/mol. The van der Waals surface area contributed by atoms with Crippen LogP contribution in [0, 0.1) is 18.8 Å². The Labute approximate surface area is 201 Å². The molecule has 0 fully saturated rings. The summed E-state index contributed by atoms with van der Waals surface area (Å²) in [6.45, 7) is 11.5. The van der Waals surface area contributed by atoms with Crippen molar-refractivity contribution in [3.63, 3.8) is 0 Å². The number of hydrogen-bond donors (Lipinski definition) is 0. The minimum absolute atomic E-state index is 0.135. The van der Waals surface area contributed by atoms with E-state index in [0.29, 0.717) is 11.8 Å². The van der Waals surface area contributed by atoms with Crippen LogP contribution in [0.2, 0.25) is 0 Å². The molecule has 0 saturated carbocycles. The standard InChI is InChI=1S/C31H31N2O/c1-18(2)31(19(3)4)25-12-8-7-11-21(25)23-17-24-22-15-14-20(5)27(26-13-9-10-16-33(26)6)28(22)34-30(24)32-29(23)31/h7-19H,1-6H3/q+1. The van der Waals surface area contributed by atoms with E-state index in [1.807, 2.05) is 0 Å². The zero-order valence-corrected chi connectivity index (χ0v) is 20.8. The van der Waals surface area contributed by atoms with Gasteiger partial charge in [-0.3, -0.25) is 0 Å². The molecule has 170 valence electrons. The Kier molecular flexibility index (Phi) is 4.51. The molecule has 0 N–H and O–H groups in total. The molecule has 1 aliphatic rings. The molecule has 5 aromatic rings. The minimum Gasteiger partial charge on any atom is -0.437 e. The Morgan fingerprint density at radius 3 is 2.32 bits per heavy atom. The van der Waals surface area contributed by atoms with Gasteiger partial charge < -0.3 is 4.42 Å². The summed E-state index contributed by atoms with van der Waals surface area (Å²) in [4.78, 5) is 5.32. The number of aromatic nitrogens is 2. The number of nitrogens with zero attached hydrogens (tertiary/aromatic N) is 2. The Balaban J connectivity index is 1.73. The van der Waals surface area contributed by atoms with Crippen molar-refractivity contribution in [2.45, 2.75) is 40.0 Å². The van der Waals surface area contributed by atoms with Crippen LogP contribution in [-0.2, 0) is 12.5 Å². The Hall–Kier alpha value is -3.46. The molecule has 1 aliphatic carbocycles. The molecule has 0 aliphatic heterocycles. The summed E-state index contributed by atoms with van der Waals surface area (Å²) in [7, 11) is 2.08. The van der Waals surface area contributed by atoms with Crippen LogP contribution in [0.3, 0.4) is 0 Å². The predicted octanol–water partition coefficient (Wildman–Crippen LogP) is 7.36. The topological polar surface area (TPSA) is 29.9 Å². The maximum atomic E-state index is 6.63. The van der Waals surface area contributed by atoms with Crippen LogP contribution < -0.4 is 4.57 Å². The summed E-state index contributed by atoms with van der Waals surface area (Å²) in [5.41, 5.74) is 10.1. The summed E-state index contributed by atoms with van der Waals surface area (Å²) >= 11 is 0. The van der Waals surface area contributed by atoms with E-state index in [4.69, 9.17) is 9.40 Å². The second-order valence-corrected chi connectivity index (χ2v) is 10.4. The zero-order chi connectivity index (χ0) is 23.8. The third-order valence-corrected chi connectivity index (χ3v) is 8.03. The average Bonchev–Trinajstić information content (AvgIpc) is 3.31. The van der Waals surface area contributed by atoms with Gasteiger partial charge in [0.15, 0.2) is 11.8 Å². The van der Waals surface area contributed by atoms with E-state index in [1.165, 1.54) is 22.3 Å². The maximum Gasteiger partial charge on any atom is 0.227 e. The largest absolute Gasteiger partial charge is 0.437 e. The predicted molar refractivity (Wildman–Crippen MR) is 139 cm³/mol. The van der Waals surface area contributed by atoms with E-state index in [-0.39, 0.29) is 5.41 Å². The third-order valence-electron chi connectivity index (χ3n) is 8.03. The highest BCUT2D eigenvalue weighted by Gasteiger charge is 2.49. The molecule has 3 heteroatoms. The van der Waals surface area contributed by atoms with Crippen LogP contribution in [-0.4, -0.2) is 4.98 Å². The summed E-state index contributed by atoms with van der Waals surface area (Å²) in [6, 6.07) is 21.9. The van der Waals surface area contributed by atoms with Crippen LogP contribution in [0.4, 0.5) is 0 Å². The minimum atomic E-state index is -0.135. The van der Waals surface area contributed by atoms with Gasteiger partial charge in [0.1, 0.15) is 7.05 Å². The first kappa shape index (κ1) is 21.1. The van der Waals surface area contributed by atoms with Gasteiger partial charge in [0, 0.05) is 33.9 Å². The number of hydrogen-bond acceptors (Lipinski definition) is 2. The monoisotopic (exact) mass is 447 g/mol. The molecule has 0 saturated heterocycles. The third kappa shape index (κ3) is 2.58. The summed E-state index contributed by atoms with van der Waals surface area (Å²) in [6.07, 6.45) is 2.08. The van der Waals surface area contributed by atoms with Gasteiger partial charge >= 0.3 is 0 Å². The number of furan rings is 1. The number of rotatable bonds is 3. The van der Waals surface area contributed by atoms with Crippen LogP contribution in [0.15, 0.2) is 71.3 Å². The number of pyridine rings is 2. The molecule has 0 spiro atoms. The average molecular weight is 448 g/mol. The van der Waals surface area contributed by atoms with Crippen LogP contribution >= 0.6 is 0 Å². The zero-order valence-electron chi connectivity index (χ0n) is 20.8. The molecule has 34 heavy (non-hydrogen) atoms. The Morgan fingerprint density at radius 2 is 1.59 bits per heavy atom. The summed E-state index contributed by atoms with van der Waals surface area (Å²) in [5, 5.41) is 2.21. The van der Waals surface area contributed by atoms with Gasteiger partial charge in [0.25, 0.3) is 0 Å². The molecule has 2 aromatic carbocycles. The van der Waals surface area contributed by atoms with Crippen molar-refractivity contribution >= 4 is 22.1 Å². The number of fused-ring (bicyclic) bond motifs is 6. The van der Waals surface area contributed by atoms with Crippen molar-refractivity contribution in [1.82, 2.24) is 4.98 Å². The second kappa shape index (κ2) is 7.27. The van der Waals surface area contributed by atoms with Crippen molar-refractivity contribution in [1.29, 1.82) is 0 Å². The SMILES string of the molecule is Cc1ccc2c(oc3nc4c(cc32)-c2ccccc2C4(C(C)C)C(C)C)c1-c1cccc[n+]1C. The van der Waals surface area contributed by atoms with E-state index < -0.39 is 0 Å². The normalized spacial score (nSPS) is 14.4. The van der Waals surface area contributed by atoms with Crippen molar-refractivity contribution in [3.8, 4) is 22.4 Å². The molecule has 3 nitrogen and oxygen atoms in total. The first-order chi connectivity index (χ1) is 16.4. The number of aryl methyl sites for hydroxylation is 2. The van der Waals surface area contributed by atoms with Gasteiger partial charge in [-0.25, -0.2) is 9.55 Å². The lowest BCUT2D eigenvalue weighted by Gasteiger charge is -2.39. The van der Waals surface area contributed by atoms with E-state index in [9.17, 15) is 0 Å². The first-order valence-electron chi connectivity index (χ1n) is 12.3.